The van der Waals surface area contributed by atoms with Gasteiger partial charge >= 0.3 is 0 Å². The topological polar surface area (TPSA) is 111 Å². The van der Waals surface area contributed by atoms with Gasteiger partial charge in [-0.2, -0.15) is 0 Å². The first-order valence-electron chi connectivity index (χ1n) is 18.0. The summed E-state index contributed by atoms with van der Waals surface area (Å²) in [4.78, 5) is 0. The predicted molar refractivity (Wildman–Crippen MR) is 186 cm³/mol. The lowest BCUT2D eigenvalue weighted by Gasteiger charge is -2.52. The molecule has 0 amide bonds. The second-order valence-corrected chi connectivity index (χ2v) is 14.6. The Morgan fingerprint density at radius 3 is 2.33 bits per heavy atom. The minimum atomic E-state index is -0.915. The zero-order valence-corrected chi connectivity index (χ0v) is 30.4. The second kappa shape index (κ2) is 17.2. The Labute approximate surface area is 302 Å². The lowest BCUT2D eigenvalue weighted by atomic mass is 9.80. The van der Waals surface area contributed by atoms with Crippen LogP contribution in [0.1, 0.15) is 85.4 Å². The van der Waals surface area contributed by atoms with Gasteiger partial charge in [0, 0.05) is 36.9 Å². The maximum Gasteiger partial charge on any atom is 0.121 e. The maximum atomic E-state index is 12.0. The van der Waals surface area contributed by atoms with Crippen LogP contribution >= 0.6 is 0 Å². The smallest absolute Gasteiger partial charge is 0.121 e. The van der Waals surface area contributed by atoms with Crippen LogP contribution in [0.2, 0.25) is 0 Å². The Morgan fingerprint density at radius 1 is 0.939 bits per heavy atom. The van der Waals surface area contributed by atoms with Crippen LogP contribution in [0.3, 0.4) is 0 Å². The molecule has 0 radical (unpaired) electrons. The van der Waals surface area contributed by atoms with Crippen molar-refractivity contribution in [1.82, 2.24) is 5.32 Å². The average Bonchev–Trinajstić information content (AvgIpc) is 3.69. The predicted octanol–water partition coefficient (Wildman–Crippen LogP) is 2.49. The number of aromatic hydroxyl groups is 1. The summed E-state index contributed by atoms with van der Waals surface area (Å²) in [6.07, 6.45) is 6.31. The minimum Gasteiger partial charge on any atom is -1.00 e. The van der Waals surface area contributed by atoms with Crippen LogP contribution in [0.25, 0.3) is 0 Å². The summed E-state index contributed by atoms with van der Waals surface area (Å²) in [6, 6.07) is 23.5. The molecule has 0 spiro atoms. The number of quaternary nitrogens is 1. The first-order valence-corrected chi connectivity index (χ1v) is 18.0. The molecule has 1 aliphatic carbocycles. The highest BCUT2D eigenvalue weighted by Crippen LogP contribution is 2.42. The van der Waals surface area contributed by atoms with Crippen molar-refractivity contribution in [3.05, 3.63) is 101 Å². The van der Waals surface area contributed by atoms with E-state index in [0.717, 1.165) is 47.1 Å². The van der Waals surface area contributed by atoms with Gasteiger partial charge in [-0.05, 0) is 60.1 Å². The van der Waals surface area contributed by atoms with Crippen molar-refractivity contribution in [1.29, 1.82) is 0 Å². The number of aliphatic hydroxyl groups excluding tert-OH is 2. The van der Waals surface area contributed by atoms with E-state index in [2.05, 4.69) is 48.6 Å². The van der Waals surface area contributed by atoms with Crippen LogP contribution in [0.4, 0.5) is 0 Å². The summed E-state index contributed by atoms with van der Waals surface area (Å²) < 4.78 is 14.0. The number of halogens is 1. The summed E-state index contributed by atoms with van der Waals surface area (Å²) in [6.45, 7) is 8.17. The van der Waals surface area contributed by atoms with Crippen LogP contribution in [-0.2, 0) is 28.3 Å². The number of nitrogens with zero attached hydrogens (tertiary/aromatic N) is 1. The van der Waals surface area contributed by atoms with E-state index in [1.165, 1.54) is 44.8 Å². The first-order chi connectivity index (χ1) is 23.3. The number of piperidine rings is 3. The van der Waals surface area contributed by atoms with E-state index in [1.54, 1.807) is 12.1 Å². The van der Waals surface area contributed by atoms with Gasteiger partial charge in [-0.25, -0.2) is 0 Å². The first kappa shape index (κ1) is 37.9. The van der Waals surface area contributed by atoms with Crippen molar-refractivity contribution >= 4 is 0 Å². The number of aliphatic hydroxyl groups is 3. The fourth-order valence-electron chi connectivity index (χ4n) is 8.34. The number of hydrogen-bond donors (Lipinski definition) is 5. The van der Waals surface area contributed by atoms with Crippen molar-refractivity contribution in [2.75, 3.05) is 45.9 Å². The van der Waals surface area contributed by atoms with Crippen molar-refractivity contribution in [3.63, 3.8) is 0 Å². The van der Waals surface area contributed by atoms with Gasteiger partial charge in [-0.3, -0.25) is 0 Å². The number of benzene rings is 3. The number of nitrogens with one attached hydrogen (secondary N) is 1. The van der Waals surface area contributed by atoms with Crippen LogP contribution in [0.5, 0.6) is 5.75 Å². The number of ether oxygens (including phenoxy) is 2. The third kappa shape index (κ3) is 9.13. The lowest BCUT2D eigenvalue weighted by Crippen LogP contribution is -3.00. The molecule has 1 saturated carbocycles. The van der Waals surface area contributed by atoms with Gasteiger partial charge in [-0.1, -0.05) is 73.5 Å². The molecule has 5 N–H and O–H groups in total. The van der Waals surface area contributed by atoms with Crippen molar-refractivity contribution in [2.24, 2.45) is 11.8 Å². The normalized spacial score (nSPS) is 24.7. The van der Waals surface area contributed by atoms with Crippen molar-refractivity contribution < 1.29 is 51.4 Å². The number of fused-ring (bicyclic) bond motifs is 3. The molecule has 4 fully saturated rings. The highest BCUT2D eigenvalue weighted by Gasteiger charge is 2.48. The number of phenols is 1. The molecule has 7 rings (SSSR count). The molecule has 268 valence electrons. The van der Waals surface area contributed by atoms with E-state index in [1.807, 2.05) is 18.2 Å². The monoisotopic (exact) mass is 738 g/mol. The molecule has 2 bridgehead atoms. The second-order valence-electron chi connectivity index (χ2n) is 14.6. The Kier molecular flexibility index (Phi) is 13.3. The molecule has 1 unspecified atom stereocenters. The van der Waals surface area contributed by atoms with Gasteiger partial charge in [0.25, 0.3) is 0 Å². The Hall–Kier alpha value is -2.34. The van der Waals surface area contributed by atoms with Crippen LogP contribution in [-0.4, -0.2) is 77.0 Å². The molecular weight excluding hydrogens is 684 g/mol. The van der Waals surface area contributed by atoms with Gasteiger partial charge in [-0.15, -0.1) is 0 Å². The van der Waals surface area contributed by atoms with E-state index in [0.29, 0.717) is 43.4 Å². The molecule has 0 aromatic heterocycles. The minimum absolute atomic E-state index is 0. The standard InChI is InChI=1S/C40H54N2O6.BrH/c1-29(41-24-38(45)33-15-16-37(44)34(23-33)26-43)31-13-11-30(12-14-31)27-47-22-21-42-19-17-32(18-20-42)39(25-42)48-28-40(46,36-9-5-6-10-36)35-7-3-2-4-8-35;/h2-4,7-8,11-16,23,29,32,36,38-39,41,43,45-46H,5-6,9-10,17-22,24-28H2,1H3;1H/t29?,32?,38-,39-,40+,42?;/m0./s1. The largest absolute Gasteiger partial charge is 1.00 e. The molecule has 49 heavy (non-hydrogen) atoms. The summed E-state index contributed by atoms with van der Waals surface area (Å²) >= 11 is 0. The fourth-order valence-corrected chi connectivity index (χ4v) is 8.34. The quantitative estimate of drug-likeness (QED) is 0.114. The highest BCUT2D eigenvalue weighted by atomic mass is 79.9. The fraction of sp³-hybridized carbons (Fsp3) is 0.550. The molecular formula is C40H55BrN2O6. The SMILES string of the molecule is CC(NC[C@H](O)c1ccc(O)c(CO)c1)c1ccc(COCC[N+]23CCC(CC2)[C@@H](OC[C@@](O)(c2ccccc2)C2CCCC2)C3)cc1.[Br-]. The van der Waals surface area contributed by atoms with Gasteiger partial charge < -0.3 is 56.7 Å². The third-order valence-corrected chi connectivity index (χ3v) is 11.6. The zero-order chi connectivity index (χ0) is 33.6. The summed E-state index contributed by atoms with van der Waals surface area (Å²) in [5, 5.41) is 45.2. The van der Waals surface area contributed by atoms with Crippen LogP contribution in [0, 0.1) is 11.8 Å². The Bertz CT molecular complexity index is 1440. The zero-order valence-electron chi connectivity index (χ0n) is 28.9. The molecule has 8 nitrogen and oxygen atoms in total. The van der Waals surface area contributed by atoms with Gasteiger partial charge in [0.1, 0.15) is 30.5 Å². The van der Waals surface area contributed by atoms with Crippen molar-refractivity contribution in [2.45, 2.75) is 82.5 Å². The van der Waals surface area contributed by atoms with E-state index in [9.17, 15) is 20.4 Å². The van der Waals surface area contributed by atoms with E-state index < -0.39 is 11.7 Å². The van der Waals surface area contributed by atoms with Gasteiger partial charge in [0.15, 0.2) is 0 Å². The molecule has 4 atom stereocenters. The Morgan fingerprint density at radius 2 is 1.63 bits per heavy atom. The van der Waals surface area contributed by atoms with Gasteiger partial charge in [0.2, 0.25) is 0 Å². The summed E-state index contributed by atoms with van der Waals surface area (Å²) in [5.74, 6) is 0.873. The number of hydrogen-bond acceptors (Lipinski definition) is 7. The number of rotatable bonds is 16. The lowest BCUT2D eigenvalue weighted by molar-refractivity contribution is -0.946. The van der Waals surface area contributed by atoms with E-state index >= 15 is 0 Å². The van der Waals surface area contributed by atoms with Gasteiger partial charge in [0.05, 0.1) is 45.6 Å². The third-order valence-electron chi connectivity index (χ3n) is 11.6. The van der Waals surface area contributed by atoms with Crippen LogP contribution < -0.4 is 22.3 Å². The maximum absolute atomic E-state index is 12.0. The molecule has 3 saturated heterocycles. The van der Waals surface area contributed by atoms with E-state index in [-0.39, 0.29) is 47.4 Å². The molecule has 3 aliphatic heterocycles. The highest BCUT2D eigenvalue weighted by molar-refractivity contribution is 5.36. The summed E-state index contributed by atoms with van der Waals surface area (Å²) in [7, 11) is 0. The molecule has 4 aliphatic rings. The van der Waals surface area contributed by atoms with Crippen LogP contribution in [0.15, 0.2) is 72.8 Å². The summed E-state index contributed by atoms with van der Waals surface area (Å²) in [5.41, 5.74) is 3.40. The molecule has 3 aromatic carbocycles. The molecule has 3 heterocycles. The Balaban J connectivity index is 0.00000468. The molecule has 3 aromatic rings. The molecule has 9 heteroatoms. The van der Waals surface area contributed by atoms with E-state index in [4.69, 9.17) is 9.47 Å². The average molecular weight is 740 g/mol. The van der Waals surface area contributed by atoms with Crippen molar-refractivity contribution in [3.8, 4) is 5.75 Å².